The van der Waals surface area contributed by atoms with Crippen LogP contribution < -0.4 is 0 Å². The minimum absolute atomic E-state index is 0.802. The second-order valence-corrected chi connectivity index (χ2v) is 6.08. The van der Waals surface area contributed by atoms with Gasteiger partial charge >= 0.3 is 0 Å². The summed E-state index contributed by atoms with van der Waals surface area (Å²) in [5.74, 6) is 1.01. The van der Waals surface area contributed by atoms with E-state index in [2.05, 4.69) is 50.1 Å². The van der Waals surface area contributed by atoms with Crippen molar-refractivity contribution in [1.29, 1.82) is 0 Å². The molecule has 0 fully saturated rings. The molecule has 0 unspecified atom stereocenters. The number of aromatic amines is 1. The van der Waals surface area contributed by atoms with Gasteiger partial charge in [0.2, 0.25) is 0 Å². The van der Waals surface area contributed by atoms with Crippen LogP contribution >= 0.6 is 15.9 Å². The Morgan fingerprint density at radius 2 is 2.10 bits per heavy atom. The Hall–Kier alpha value is -1.52. The highest BCUT2D eigenvalue weighted by molar-refractivity contribution is 9.10. The number of hydrogen-bond acceptors (Lipinski definition) is 2. The maximum atomic E-state index is 5.60. The van der Waals surface area contributed by atoms with Crippen molar-refractivity contribution >= 4 is 26.8 Å². The summed E-state index contributed by atoms with van der Waals surface area (Å²) in [4.78, 5) is 5.98. The van der Waals surface area contributed by atoms with Gasteiger partial charge in [-0.2, -0.15) is 0 Å². The zero-order valence-corrected chi connectivity index (χ0v) is 12.6. The van der Waals surface area contributed by atoms with Crippen molar-refractivity contribution in [2.45, 2.75) is 19.5 Å². The van der Waals surface area contributed by atoms with Crippen LogP contribution in [0.1, 0.15) is 17.0 Å². The van der Waals surface area contributed by atoms with Crippen molar-refractivity contribution in [3.63, 3.8) is 0 Å². The third kappa shape index (κ3) is 2.09. The molecule has 0 aliphatic carbocycles. The van der Waals surface area contributed by atoms with E-state index < -0.39 is 0 Å². The second kappa shape index (κ2) is 4.79. The fourth-order valence-corrected chi connectivity index (χ4v) is 3.38. The zero-order valence-electron chi connectivity index (χ0n) is 11.0. The average Bonchev–Trinajstić information content (AvgIpc) is 3.01. The Labute approximate surface area is 125 Å². The standard InChI is InChI=1S/C16H15BrN2O/c17-16-6-5-11(20-16)9-19-8-7-13-12-3-1-2-4-14(12)18-15(13)10-19/h1-6,18H,7-10H2. The fourth-order valence-electron chi connectivity index (χ4n) is 3.04. The van der Waals surface area contributed by atoms with Crippen LogP contribution in [0.3, 0.4) is 0 Å². The molecule has 0 saturated heterocycles. The number of furan rings is 1. The molecule has 1 N–H and O–H groups in total. The first-order chi connectivity index (χ1) is 9.79. The molecule has 0 bridgehead atoms. The highest BCUT2D eigenvalue weighted by atomic mass is 79.9. The summed E-state index contributed by atoms with van der Waals surface area (Å²) >= 11 is 3.35. The lowest BCUT2D eigenvalue weighted by molar-refractivity contribution is 0.222. The summed E-state index contributed by atoms with van der Waals surface area (Å²) in [7, 11) is 0. The Balaban J connectivity index is 1.60. The Morgan fingerprint density at radius 1 is 1.20 bits per heavy atom. The highest BCUT2D eigenvalue weighted by Crippen LogP contribution is 2.28. The first-order valence-electron chi connectivity index (χ1n) is 6.84. The normalized spacial score (nSPS) is 15.7. The van der Waals surface area contributed by atoms with Gasteiger partial charge in [-0.25, -0.2) is 0 Å². The molecule has 20 heavy (non-hydrogen) atoms. The van der Waals surface area contributed by atoms with Gasteiger partial charge in [-0.15, -0.1) is 0 Å². The number of hydrogen-bond donors (Lipinski definition) is 1. The number of para-hydroxylation sites is 1. The minimum Gasteiger partial charge on any atom is -0.453 e. The van der Waals surface area contributed by atoms with E-state index in [4.69, 9.17) is 4.42 Å². The van der Waals surface area contributed by atoms with Crippen molar-refractivity contribution < 1.29 is 4.42 Å². The molecule has 0 atom stereocenters. The molecule has 1 aliphatic rings. The van der Waals surface area contributed by atoms with E-state index in [-0.39, 0.29) is 0 Å². The molecule has 4 rings (SSSR count). The van der Waals surface area contributed by atoms with Crippen LogP contribution in [0.25, 0.3) is 10.9 Å². The van der Waals surface area contributed by atoms with E-state index >= 15 is 0 Å². The van der Waals surface area contributed by atoms with Crippen molar-refractivity contribution in [3.8, 4) is 0 Å². The number of halogens is 1. The summed E-state index contributed by atoms with van der Waals surface area (Å²) in [6, 6.07) is 12.6. The van der Waals surface area contributed by atoms with Gasteiger partial charge in [-0.1, -0.05) is 18.2 Å². The predicted molar refractivity (Wildman–Crippen MR) is 82.5 cm³/mol. The maximum absolute atomic E-state index is 5.60. The van der Waals surface area contributed by atoms with Crippen LogP contribution in [0.5, 0.6) is 0 Å². The molecule has 2 aromatic heterocycles. The third-order valence-corrected chi connectivity index (χ3v) is 4.40. The SMILES string of the molecule is Brc1ccc(CN2CCc3c([nH]c4ccccc34)C2)o1. The first kappa shape index (κ1) is 12.2. The lowest BCUT2D eigenvalue weighted by atomic mass is 10.0. The van der Waals surface area contributed by atoms with Gasteiger partial charge in [0.05, 0.1) is 6.54 Å². The zero-order chi connectivity index (χ0) is 13.5. The molecule has 1 aromatic carbocycles. The van der Waals surface area contributed by atoms with Crippen LogP contribution in [0.15, 0.2) is 45.5 Å². The van der Waals surface area contributed by atoms with E-state index in [0.717, 1.165) is 36.5 Å². The van der Waals surface area contributed by atoms with Gasteiger partial charge in [0, 0.05) is 29.7 Å². The van der Waals surface area contributed by atoms with E-state index in [1.165, 1.54) is 22.2 Å². The highest BCUT2D eigenvalue weighted by Gasteiger charge is 2.21. The number of benzene rings is 1. The van der Waals surface area contributed by atoms with E-state index in [9.17, 15) is 0 Å². The van der Waals surface area contributed by atoms with E-state index in [1.54, 1.807) is 0 Å². The number of H-pyrrole nitrogens is 1. The van der Waals surface area contributed by atoms with Crippen LogP contribution in [0.4, 0.5) is 0 Å². The summed E-state index contributed by atoms with van der Waals surface area (Å²) in [6.07, 6.45) is 1.10. The van der Waals surface area contributed by atoms with E-state index in [0.29, 0.717) is 0 Å². The van der Waals surface area contributed by atoms with Crippen LogP contribution in [0, 0.1) is 0 Å². The first-order valence-corrected chi connectivity index (χ1v) is 7.64. The van der Waals surface area contributed by atoms with Gasteiger partial charge in [-0.05, 0) is 46.1 Å². The molecule has 102 valence electrons. The van der Waals surface area contributed by atoms with Crippen LogP contribution in [-0.4, -0.2) is 16.4 Å². The maximum Gasteiger partial charge on any atom is 0.169 e. The fraction of sp³-hybridized carbons (Fsp3) is 0.250. The largest absolute Gasteiger partial charge is 0.453 e. The predicted octanol–water partition coefficient (Wildman–Crippen LogP) is 4.08. The molecular formula is C16H15BrN2O. The third-order valence-electron chi connectivity index (χ3n) is 3.97. The van der Waals surface area contributed by atoms with Gasteiger partial charge in [0.1, 0.15) is 5.76 Å². The van der Waals surface area contributed by atoms with Gasteiger partial charge < -0.3 is 9.40 Å². The molecule has 0 radical (unpaired) electrons. The average molecular weight is 331 g/mol. The quantitative estimate of drug-likeness (QED) is 0.767. The van der Waals surface area contributed by atoms with Gasteiger partial charge in [0.25, 0.3) is 0 Å². The van der Waals surface area contributed by atoms with Gasteiger partial charge in [-0.3, -0.25) is 4.90 Å². The second-order valence-electron chi connectivity index (χ2n) is 5.29. The number of fused-ring (bicyclic) bond motifs is 3. The molecule has 1 aliphatic heterocycles. The number of aromatic nitrogens is 1. The van der Waals surface area contributed by atoms with E-state index in [1.807, 2.05) is 12.1 Å². The molecule has 0 spiro atoms. The Bertz CT molecular complexity index is 759. The van der Waals surface area contributed by atoms with Crippen molar-refractivity contribution in [2.75, 3.05) is 6.54 Å². The Morgan fingerprint density at radius 3 is 2.95 bits per heavy atom. The smallest absolute Gasteiger partial charge is 0.169 e. The van der Waals surface area contributed by atoms with Crippen molar-refractivity contribution in [3.05, 3.63) is 58.1 Å². The summed E-state index contributed by atoms with van der Waals surface area (Å²) in [6.45, 7) is 2.90. The van der Waals surface area contributed by atoms with Crippen LogP contribution in [-0.2, 0) is 19.5 Å². The summed E-state index contributed by atoms with van der Waals surface area (Å²) < 4.78 is 6.40. The van der Waals surface area contributed by atoms with Crippen molar-refractivity contribution in [2.24, 2.45) is 0 Å². The molecule has 0 amide bonds. The summed E-state index contributed by atoms with van der Waals surface area (Å²) in [5, 5.41) is 1.38. The lowest BCUT2D eigenvalue weighted by Crippen LogP contribution is -2.29. The molecule has 3 heterocycles. The molecule has 4 heteroatoms. The van der Waals surface area contributed by atoms with Crippen molar-refractivity contribution in [1.82, 2.24) is 9.88 Å². The Kier molecular flexibility index (Phi) is 2.93. The number of rotatable bonds is 2. The summed E-state index contributed by atoms with van der Waals surface area (Å²) in [5.41, 5.74) is 4.08. The molecule has 3 nitrogen and oxygen atoms in total. The molecular weight excluding hydrogens is 316 g/mol. The van der Waals surface area contributed by atoms with Crippen LogP contribution in [0.2, 0.25) is 0 Å². The lowest BCUT2D eigenvalue weighted by Gasteiger charge is -2.25. The minimum atomic E-state index is 0.802. The number of nitrogens with one attached hydrogen (secondary N) is 1. The number of nitrogens with zero attached hydrogens (tertiary/aromatic N) is 1. The van der Waals surface area contributed by atoms with Gasteiger partial charge in [0.15, 0.2) is 4.67 Å². The molecule has 0 saturated carbocycles. The molecule has 3 aromatic rings. The monoisotopic (exact) mass is 330 g/mol. The topological polar surface area (TPSA) is 32.2 Å².